The number of ether oxygens (including phenoxy) is 1. The lowest BCUT2D eigenvalue weighted by Crippen LogP contribution is -2.04. The Bertz CT molecular complexity index is 1070. The number of benzene rings is 1. The number of fused-ring (bicyclic) bond motifs is 1. The van der Waals surface area contributed by atoms with E-state index in [0.717, 1.165) is 33.3 Å². The fraction of sp³-hybridized carbons (Fsp3) is 0.481. The lowest BCUT2D eigenvalue weighted by Gasteiger charge is -2.09. The molecule has 33 heavy (non-hydrogen) atoms. The van der Waals surface area contributed by atoms with E-state index in [9.17, 15) is 4.79 Å². The van der Waals surface area contributed by atoms with Gasteiger partial charge in [0.25, 0.3) is 0 Å². The van der Waals surface area contributed by atoms with E-state index in [1.54, 1.807) is 24.2 Å². The lowest BCUT2D eigenvalue weighted by molar-refractivity contribution is 0.304. The van der Waals surface area contributed by atoms with Crippen LogP contribution in [-0.4, -0.2) is 28.8 Å². The number of thioether (sulfide) groups is 2. The standard InChI is InChI=1S/C27H35NO3S2/c1-4-20(2)33-15-10-8-6-5-7-9-14-30-22-13-11-12-21(16-22)23-17-24-25(31-27(23)29)18-28-19-26(24)32-3/h11-13,16-20H,4-10,14-15H2,1-3H3. The van der Waals surface area contributed by atoms with Crippen molar-refractivity contribution in [2.24, 2.45) is 0 Å². The van der Waals surface area contributed by atoms with Crippen molar-refractivity contribution in [3.05, 3.63) is 53.1 Å². The minimum Gasteiger partial charge on any atom is -0.494 e. The van der Waals surface area contributed by atoms with Crippen molar-refractivity contribution in [1.82, 2.24) is 4.98 Å². The first-order valence-electron chi connectivity index (χ1n) is 11.9. The summed E-state index contributed by atoms with van der Waals surface area (Å²) in [5, 5.41) is 1.69. The summed E-state index contributed by atoms with van der Waals surface area (Å²) in [6.07, 6.45) is 14.1. The van der Waals surface area contributed by atoms with E-state index in [0.29, 0.717) is 17.8 Å². The molecule has 0 saturated carbocycles. The first kappa shape index (κ1) is 25.7. The Balaban J connectivity index is 1.47. The zero-order valence-electron chi connectivity index (χ0n) is 20.0. The van der Waals surface area contributed by atoms with Crippen LogP contribution in [0, 0.1) is 0 Å². The molecule has 1 unspecified atom stereocenters. The molecule has 1 atom stereocenters. The van der Waals surface area contributed by atoms with Gasteiger partial charge in [-0.25, -0.2) is 4.79 Å². The van der Waals surface area contributed by atoms with Gasteiger partial charge in [0.15, 0.2) is 5.58 Å². The molecule has 3 rings (SSSR count). The maximum atomic E-state index is 12.6. The molecule has 2 aromatic heterocycles. The molecule has 4 nitrogen and oxygen atoms in total. The number of rotatable bonds is 14. The SMILES string of the molecule is CCC(C)SCCCCCCCCOc1cccc(-c2cc3c(SC)cncc3oc2=O)c1. The molecule has 0 saturated heterocycles. The molecule has 0 amide bonds. The Kier molecular flexibility index (Phi) is 10.7. The third kappa shape index (κ3) is 7.82. The van der Waals surface area contributed by atoms with E-state index >= 15 is 0 Å². The Morgan fingerprint density at radius 3 is 2.64 bits per heavy atom. The van der Waals surface area contributed by atoms with Gasteiger partial charge in [0.05, 0.1) is 18.4 Å². The molecule has 0 aliphatic rings. The molecular weight excluding hydrogens is 450 g/mol. The summed E-state index contributed by atoms with van der Waals surface area (Å²) in [6, 6.07) is 9.61. The highest BCUT2D eigenvalue weighted by molar-refractivity contribution is 7.99. The van der Waals surface area contributed by atoms with Crippen LogP contribution in [0.2, 0.25) is 0 Å². The molecule has 0 aliphatic heterocycles. The smallest absolute Gasteiger partial charge is 0.344 e. The normalized spacial score (nSPS) is 12.2. The van der Waals surface area contributed by atoms with Gasteiger partial charge in [0.2, 0.25) is 0 Å². The van der Waals surface area contributed by atoms with Crippen LogP contribution in [0.15, 0.2) is 56.8 Å². The number of unbranched alkanes of at least 4 members (excludes halogenated alkanes) is 5. The highest BCUT2D eigenvalue weighted by atomic mass is 32.2. The van der Waals surface area contributed by atoms with Crippen molar-refractivity contribution in [3.63, 3.8) is 0 Å². The Hall–Kier alpha value is -1.92. The van der Waals surface area contributed by atoms with Gasteiger partial charge in [-0.2, -0.15) is 11.8 Å². The van der Waals surface area contributed by atoms with Gasteiger partial charge in [0, 0.05) is 21.7 Å². The highest BCUT2D eigenvalue weighted by Gasteiger charge is 2.11. The first-order valence-corrected chi connectivity index (χ1v) is 14.2. The van der Waals surface area contributed by atoms with E-state index in [1.807, 2.05) is 36.6 Å². The fourth-order valence-corrected chi connectivity index (χ4v) is 5.19. The van der Waals surface area contributed by atoms with Crippen molar-refractivity contribution < 1.29 is 9.15 Å². The second kappa shape index (κ2) is 13.7. The third-order valence-corrected chi connectivity index (χ3v) is 7.97. The van der Waals surface area contributed by atoms with Crippen LogP contribution in [0.3, 0.4) is 0 Å². The van der Waals surface area contributed by atoms with Crippen LogP contribution in [0.25, 0.3) is 22.1 Å². The summed E-state index contributed by atoms with van der Waals surface area (Å²) in [7, 11) is 0. The van der Waals surface area contributed by atoms with Crippen LogP contribution < -0.4 is 10.4 Å². The number of nitrogens with zero attached hydrogens (tertiary/aromatic N) is 1. The second-order valence-corrected chi connectivity index (χ2v) is 10.7. The molecule has 1 aromatic carbocycles. The van der Waals surface area contributed by atoms with Crippen LogP contribution in [0.4, 0.5) is 0 Å². The van der Waals surface area contributed by atoms with Crippen molar-refractivity contribution in [1.29, 1.82) is 0 Å². The molecule has 0 fully saturated rings. The maximum Gasteiger partial charge on any atom is 0.344 e. The van der Waals surface area contributed by atoms with Gasteiger partial charge in [-0.3, -0.25) is 4.98 Å². The van der Waals surface area contributed by atoms with Gasteiger partial charge in [-0.1, -0.05) is 51.7 Å². The van der Waals surface area contributed by atoms with Crippen molar-refractivity contribution in [2.45, 2.75) is 68.9 Å². The molecule has 0 bridgehead atoms. The summed E-state index contributed by atoms with van der Waals surface area (Å²) in [5.41, 5.74) is 1.50. The van der Waals surface area contributed by atoms with Crippen molar-refractivity contribution in [2.75, 3.05) is 18.6 Å². The van der Waals surface area contributed by atoms with Crippen LogP contribution >= 0.6 is 23.5 Å². The lowest BCUT2D eigenvalue weighted by atomic mass is 10.1. The van der Waals surface area contributed by atoms with E-state index in [-0.39, 0.29) is 5.63 Å². The number of aromatic nitrogens is 1. The zero-order chi connectivity index (χ0) is 23.5. The quantitative estimate of drug-likeness (QED) is 0.171. The zero-order valence-corrected chi connectivity index (χ0v) is 21.6. The Morgan fingerprint density at radius 1 is 1.06 bits per heavy atom. The van der Waals surface area contributed by atoms with Crippen LogP contribution in [-0.2, 0) is 0 Å². The molecular formula is C27H35NO3S2. The van der Waals surface area contributed by atoms with Crippen LogP contribution in [0.5, 0.6) is 5.75 Å². The minimum absolute atomic E-state index is 0.359. The molecule has 0 aliphatic carbocycles. The third-order valence-electron chi connectivity index (χ3n) is 5.78. The number of hydrogen-bond acceptors (Lipinski definition) is 6. The van der Waals surface area contributed by atoms with Gasteiger partial charge < -0.3 is 9.15 Å². The molecule has 178 valence electrons. The molecule has 6 heteroatoms. The largest absolute Gasteiger partial charge is 0.494 e. The summed E-state index contributed by atoms with van der Waals surface area (Å²) >= 11 is 3.68. The van der Waals surface area contributed by atoms with E-state index < -0.39 is 0 Å². The topological polar surface area (TPSA) is 52.3 Å². The minimum atomic E-state index is -0.359. The van der Waals surface area contributed by atoms with E-state index in [2.05, 4.69) is 30.6 Å². The molecule has 0 spiro atoms. The summed E-state index contributed by atoms with van der Waals surface area (Å²) in [6.45, 7) is 5.27. The average Bonchev–Trinajstić information content (AvgIpc) is 2.84. The predicted molar refractivity (Wildman–Crippen MR) is 143 cm³/mol. The molecule has 2 heterocycles. The summed E-state index contributed by atoms with van der Waals surface area (Å²) < 4.78 is 11.5. The number of pyridine rings is 1. The van der Waals surface area contributed by atoms with Crippen molar-refractivity contribution >= 4 is 34.5 Å². The fourth-order valence-electron chi connectivity index (χ4n) is 3.64. The van der Waals surface area contributed by atoms with Gasteiger partial charge in [0.1, 0.15) is 5.75 Å². The molecule has 0 radical (unpaired) electrons. The Labute approximate surface area is 205 Å². The Morgan fingerprint density at radius 2 is 1.85 bits per heavy atom. The average molecular weight is 486 g/mol. The maximum absolute atomic E-state index is 12.6. The van der Waals surface area contributed by atoms with Crippen molar-refractivity contribution in [3.8, 4) is 16.9 Å². The van der Waals surface area contributed by atoms with Crippen LogP contribution in [0.1, 0.15) is 58.8 Å². The first-order chi connectivity index (χ1) is 16.1. The van der Waals surface area contributed by atoms with Gasteiger partial charge in [-0.15, -0.1) is 11.8 Å². The predicted octanol–water partition coefficient (Wildman–Crippen LogP) is 7.83. The highest BCUT2D eigenvalue weighted by Crippen LogP contribution is 2.29. The second-order valence-electron chi connectivity index (χ2n) is 8.29. The number of hydrogen-bond donors (Lipinski definition) is 0. The molecule has 0 N–H and O–H groups in total. The summed E-state index contributed by atoms with van der Waals surface area (Å²) in [4.78, 5) is 17.7. The van der Waals surface area contributed by atoms with E-state index in [4.69, 9.17) is 9.15 Å². The van der Waals surface area contributed by atoms with Gasteiger partial charge >= 0.3 is 5.63 Å². The molecule has 3 aromatic rings. The summed E-state index contributed by atoms with van der Waals surface area (Å²) in [5.74, 6) is 2.08. The monoisotopic (exact) mass is 485 g/mol. The van der Waals surface area contributed by atoms with Gasteiger partial charge in [-0.05, 0) is 55.0 Å². The van der Waals surface area contributed by atoms with E-state index in [1.165, 1.54) is 44.3 Å².